The molecule has 0 amide bonds. The van der Waals surface area contributed by atoms with E-state index in [4.69, 9.17) is 5.26 Å². The van der Waals surface area contributed by atoms with E-state index in [1.54, 1.807) is 25.1 Å². The predicted octanol–water partition coefficient (Wildman–Crippen LogP) is 3.76. The average Bonchev–Trinajstić information content (AvgIpc) is 2.39. The van der Waals surface area contributed by atoms with Crippen molar-refractivity contribution in [1.29, 1.82) is 5.26 Å². The number of rotatable bonds is 3. The zero-order chi connectivity index (χ0) is 13.8. The van der Waals surface area contributed by atoms with Gasteiger partial charge in [-0.1, -0.05) is 0 Å². The van der Waals surface area contributed by atoms with Crippen LogP contribution >= 0.6 is 0 Å². The van der Waals surface area contributed by atoms with Crippen LogP contribution in [0.2, 0.25) is 0 Å². The van der Waals surface area contributed by atoms with Gasteiger partial charge in [0.15, 0.2) is 0 Å². The number of nitrogens with one attached hydrogen (secondary N) is 1. The third-order valence-corrected chi connectivity index (χ3v) is 2.74. The summed E-state index contributed by atoms with van der Waals surface area (Å²) in [5, 5.41) is 11.8. The summed E-state index contributed by atoms with van der Waals surface area (Å²) < 4.78 is 26.3. The topological polar surface area (TPSA) is 35.8 Å². The van der Waals surface area contributed by atoms with Crippen molar-refractivity contribution in [3.8, 4) is 6.07 Å². The molecular weight excluding hydrogens is 246 g/mol. The van der Waals surface area contributed by atoms with Crippen molar-refractivity contribution in [3.63, 3.8) is 0 Å². The predicted molar refractivity (Wildman–Crippen MR) is 69.6 cm³/mol. The van der Waals surface area contributed by atoms with Gasteiger partial charge in [0.25, 0.3) is 0 Å². The molecule has 2 aromatic carbocycles. The van der Waals surface area contributed by atoms with Gasteiger partial charge in [-0.05, 0) is 54.4 Å². The van der Waals surface area contributed by atoms with E-state index in [1.165, 1.54) is 18.2 Å². The number of halogens is 2. The molecule has 0 saturated heterocycles. The van der Waals surface area contributed by atoms with Gasteiger partial charge in [-0.25, -0.2) is 8.78 Å². The number of hydrogen-bond donors (Lipinski definition) is 1. The highest BCUT2D eigenvalue weighted by Gasteiger charge is 2.02. The van der Waals surface area contributed by atoms with Crippen LogP contribution in [0.15, 0.2) is 36.4 Å². The van der Waals surface area contributed by atoms with Crippen molar-refractivity contribution in [2.75, 3.05) is 5.32 Å². The Morgan fingerprint density at radius 3 is 2.63 bits per heavy atom. The smallest absolute Gasteiger partial charge is 0.126 e. The van der Waals surface area contributed by atoms with Gasteiger partial charge in [-0.3, -0.25) is 0 Å². The molecule has 4 heteroatoms. The van der Waals surface area contributed by atoms with Crippen LogP contribution in [-0.2, 0) is 6.54 Å². The lowest BCUT2D eigenvalue weighted by Gasteiger charge is -2.08. The van der Waals surface area contributed by atoms with Crippen LogP contribution in [0.5, 0.6) is 0 Å². The van der Waals surface area contributed by atoms with Gasteiger partial charge in [-0.15, -0.1) is 0 Å². The maximum Gasteiger partial charge on any atom is 0.126 e. The minimum atomic E-state index is -0.439. The van der Waals surface area contributed by atoms with Gasteiger partial charge < -0.3 is 5.32 Å². The molecule has 2 aromatic rings. The zero-order valence-electron chi connectivity index (χ0n) is 10.4. The van der Waals surface area contributed by atoms with Crippen molar-refractivity contribution in [2.45, 2.75) is 13.5 Å². The molecule has 0 spiro atoms. The van der Waals surface area contributed by atoms with E-state index in [2.05, 4.69) is 5.32 Å². The lowest BCUT2D eigenvalue weighted by molar-refractivity contribution is 0.618. The molecule has 0 aromatic heterocycles. The first-order valence-corrected chi connectivity index (χ1v) is 5.78. The number of anilines is 1. The van der Waals surface area contributed by atoms with Crippen LogP contribution in [0.4, 0.5) is 14.5 Å². The first-order valence-electron chi connectivity index (χ1n) is 5.78. The number of hydrogen-bond acceptors (Lipinski definition) is 2. The maximum atomic E-state index is 13.2. The maximum absolute atomic E-state index is 13.2. The fourth-order valence-electron chi connectivity index (χ4n) is 1.78. The molecule has 0 saturated carbocycles. The van der Waals surface area contributed by atoms with Crippen molar-refractivity contribution >= 4 is 5.69 Å². The van der Waals surface area contributed by atoms with Crippen LogP contribution in [0.25, 0.3) is 0 Å². The van der Waals surface area contributed by atoms with Gasteiger partial charge in [0.05, 0.1) is 11.6 Å². The molecule has 0 radical (unpaired) electrons. The fraction of sp³-hybridized carbons (Fsp3) is 0.133. The van der Waals surface area contributed by atoms with Crippen molar-refractivity contribution < 1.29 is 8.78 Å². The van der Waals surface area contributed by atoms with Crippen LogP contribution in [0, 0.1) is 29.9 Å². The number of benzene rings is 2. The Labute approximate surface area is 110 Å². The molecule has 0 unspecified atom stereocenters. The summed E-state index contributed by atoms with van der Waals surface area (Å²) in [6, 6.07) is 10.8. The van der Waals surface area contributed by atoms with Crippen LogP contribution in [0.1, 0.15) is 16.7 Å². The molecule has 0 bridgehead atoms. The molecule has 0 aliphatic heterocycles. The highest BCUT2D eigenvalue weighted by molar-refractivity contribution is 5.47. The molecule has 0 aliphatic carbocycles. The van der Waals surface area contributed by atoms with E-state index in [-0.39, 0.29) is 11.4 Å². The highest BCUT2D eigenvalue weighted by Crippen LogP contribution is 2.15. The van der Waals surface area contributed by atoms with E-state index < -0.39 is 5.82 Å². The van der Waals surface area contributed by atoms with E-state index in [9.17, 15) is 8.78 Å². The van der Waals surface area contributed by atoms with E-state index in [1.807, 2.05) is 6.07 Å². The first-order chi connectivity index (χ1) is 9.08. The number of nitriles is 1. The Bertz CT molecular complexity index is 645. The van der Waals surface area contributed by atoms with E-state index in [0.717, 1.165) is 5.69 Å². The summed E-state index contributed by atoms with van der Waals surface area (Å²) in [5.41, 5.74) is 2.24. The lowest BCUT2D eigenvalue weighted by atomic mass is 10.1. The van der Waals surface area contributed by atoms with Gasteiger partial charge in [0.2, 0.25) is 0 Å². The quantitative estimate of drug-likeness (QED) is 0.909. The Hall–Kier alpha value is -2.41. The first kappa shape index (κ1) is 13.0. The Morgan fingerprint density at radius 1 is 1.16 bits per heavy atom. The van der Waals surface area contributed by atoms with Crippen LogP contribution < -0.4 is 5.32 Å². The summed E-state index contributed by atoms with van der Waals surface area (Å²) >= 11 is 0. The lowest BCUT2D eigenvalue weighted by Crippen LogP contribution is -2.01. The third-order valence-electron chi connectivity index (χ3n) is 2.74. The van der Waals surface area contributed by atoms with Gasteiger partial charge in [0.1, 0.15) is 11.6 Å². The van der Waals surface area contributed by atoms with Crippen molar-refractivity contribution in [2.24, 2.45) is 0 Å². The van der Waals surface area contributed by atoms with Crippen LogP contribution in [0.3, 0.4) is 0 Å². The standard InChI is InChI=1S/C15H12F2N2/c1-10-4-14(2-3-15(10)17)19-9-12-5-11(8-18)6-13(16)7-12/h2-7,19H,9H2,1H3. The summed E-state index contributed by atoms with van der Waals surface area (Å²) in [4.78, 5) is 0. The molecule has 0 aliphatic rings. The largest absolute Gasteiger partial charge is 0.381 e. The number of nitrogens with zero attached hydrogens (tertiary/aromatic N) is 1. The highest BCUT2D eigenvalue weighted by atomic mass is 19.1. The minimum Gasteiger partial charge on any atom is -0.381 e. The average molecular weight is 258 g/mol. The molecule has 0 fully saturated rings. The summed E-state index contributed by atoms with van der Waals surface area (Å²) in [6.45, 7) is 2.05. The second-order valence-electron chi connectivity index (χ2n) is 4.28. The molecule has 96 valence electrons. The van der Waals surface area contributed by atoms with E-state index >= 15 is 0 Å². The van der Waals surface area contributed by atoms with Gasteiger partial charge in [0, 0.05) is 12.2 Å². The summed E-state index contributed by atoms with van der Waals surface area (Å²) in [6.07, 6.45) is 0. The van der Waals surface area contributed by atoms with Crippen LogP contribution in [-0.4, -0.2) is 0 Å². The summed E-state index contributed by atoms with van der Waals surface area (Å²) in [7, 11) is 0. The minimum absolute atomic E-state index is 0.261. The molecular formula is C15H12F2N2. The van der Waals surface area contributed by atoms with Crippen molar-refractivity contribution in [3.05, 3.63) is 64.7 Å². The molecule has 19 heavy (non-hydrogen) atoms. The second kappa shape index (κ2) is 5.49. The number of aryl methyl sites for hydroxylation is 1. The monoisotopic (exact) mass is 258 g/mol. The molecule has 1 N–H and O–H groups in total. The summed E-state index contributed by atoms with van der Waals surface area (Å²) in [5.74, 6) is -0.700. The molecule has 0 atom stereocenters. The van der Waals surface area contributed by atoms with E-state index in [0.29, 0.717) is 17.7 Å². The molecule has 2 rings (SSSR count). The Balaban J connectivity index is 2.12. The Kier molecular flexibility index (Phi) is 3.76. The zero-order valence-corrected chi connectivity index (χ0v) is 10.4. The molecule has 2 nitrogen and oxygen atoms in total. The second-order valence-corrected chi connectivity index (χ2v) is 4.28. The van der Waals surface area contributed by atoms with Gasteiger partial charge in [-0.2, -0.15) is 5.26 Å². The normalized spacial score (nSPS) is 10.0. The van der Waals surface area contributed by atoms with Gasteiger partial charge >= 0.3 is 0 Å². The Morgan fingerprint density at radius 2 is 1.95 bits per heavy atom. The van der Waals surface area contributed by atoms with Crippen molar-refractivity contribution in [1.82, 2.24) is 0 Å². The molecule has 0 heterocycles. The SMILES string of the molecule is Cc1cc(NCc2cc(F)cc(C#N)c2)ccc1F. The third kappa shape index (κ3) is 3.29. The fourth-order valence-corrected chi connectivity index (χ4v) is 1.78.